The maximum atomic E-state index is 11.9. The van der Waals surface area contributed by atoms with Gasteiger partial charge in [0.2, 0.25) is 5.91 Å². The first-order chi connectivity index (χ1) is 11.2. The van der Waals surface area contributed by atoms with E-state index in [1.54, 1.807) is 11.3 Å². The van der Waals surface area contributed by atoms with Crippen LogP contribution in [0, 0.1) is 6.92 Å². The number of rotatable bonds is 6. The van der Waals surface area contributed by atoms with Crippen molar-refractivity contribution in [3.8, 4) is 11.5 Å². The van der Waals surface area contributed by atoms with E-state index in [0.717, 1.165) is 24.3 Å². The number of carbonyl (C=O) groups is 1. The topological polar surface area (TPSA) is 47.6 Å². The van der Waals surface area contributed by atoms with Crippen LogP contribution in [-0.4, -0.2) is 25.7 Å². The lowest BCUT2D eigenvalue weighted by Gasteiger charge is -2.20. The van der Waals surface area contributed by atoms with Crippen LogP contribution in [0.2, 0.25) is 0 Å². The molecule has 2 aromatic rings. The number of amides is 1. The number of carbonyl (C=O) groups excluding carboxylic acids is 1. The zero-order chi connectivity index (χ0) is 16.1. The van der Waals surface area contributed by atoms with Gasteiger partial charge in [0, 0.05) is 17.8 Å². The summed E-state index contributed by atoms with van der Waals surface area (Å²) in [5, 5.41) is 5.03. The molecule has 0 saturated heterocycles. The van der Waals surface area contributed by atoms with Gasteiger partial charge in [-0.15, -0.1) is 11.3 Å². The summed E-state index contributed by atoms with van der Waals surface area (Å²) in [7, 11) is 0. The van der Waals surface area contributed by atoms with Gasteiger partial charge in [-0.3, -0.25) is 4.79 Å². The van der Waals surface area contributed by atoms with Gasteiger partial charge in [-0.1, -0.05) is 6.07 Å². The molecule has 4 nitrogen and oxygen atoms in total. The Morgan fingerprint density at radius 1 is 1.22 bits per heavy atom. The molecule has 1 aliphatic rings. The molecule has 1 N–H and O–H groups in total. The number of thiophene rings is 1. The minimum absolute atomic E-state index is 0.105. The van der Waals surface area contributed by atoms with Crippen LogP contribution in [-0.2, 0) is 17.6 Å². The highest BCUT2D eigenvalue weighted by Gasteiger charge is 2.14. The molecule has 0 fully saturated rings. The first-order valence-corrected chi connectivity index (χ1v) is 8.78. The van der Waals surface area contributed by atoms with Crippen molar-refractivity contribution in [1.29, 1.82) is 0 Å². The molecule has 0 atom stereocenters. The van der Waals surface area contributed by atoms with Crippen molar-refractivity contribution in [2.24, 2.45) is 0 Å². The molecule has 23 heavy (non-hydrogen) atoms. The largest absolute Gasteiger partial charge is 0.486 e. The van der Waals surface area contributed by atoms with Gasteiger partial charge in [0.15, 0.2) is 11.5 Å². The first kappa shape index (κ1) is 15.9. The Hall–Kier alpha value is -2.01. The van der Waals surface area contributed by atoms with Crippen LogP contribution in [0.5, 0.6) is 11.5 Å². The average Bonchev–Trinajstić information content (AvgIpc) is 3.07. The average molecular weight is 331 g/mol. The van der Waals surface area contributed by atoms with Crippen molar-refractivity contribution in [1.82, 2.24) is 5.32 Å². The lowest BCUT2D eigenvalue weighted by Crippen LogP contribution is -2.26. The number of nitrogens with one attached hydrogen (secondary N) is 1. The summed E-state index contributed by atoms with van der Waals surface area (Å²) in [4.78, 5) is 13.1. The molecule has 122 valence electrons. The Kier molecular flexibility index (Phi) is 5.18. The quantitative estimate of drug-likeness (QED) is 0.885. The summed E-state index contributed by atoms with van der Waals surface area (Å²) >= 11 is 1.69. The van der Waals surface area contributed by atoms with Crippen molar-refractivity contribution < 1.29 is 14.3 Å². The van der Waals surface area contributed by atoms with Crippen LogP contribution in [0.15, 0.2) is 29.6 Å². The highest BCUT2D eigenvalue weighted by molar-refractivity contribution is 7.09. The van der Waals surface area contributed by atoms with E-state index in [2.05, 4.69) is 18.3 Å². The fourth-order valence-corrected chi connectivity index (χ4v) is 3.33. The standard InChI is InChI=1S/C18H21NO3S/c1-13-11-16-17(22-9-8-21-16)12-14(13)6-7-19-18(20)5-4-15-3-2-10-23-15/h2-3,10-12H,4-9H2,1H3,(H,19,20). The van der Waals surface area contributed by atoms with Gasteiger partial charge in [-0.25, -0.2) is 0 Å². The fourth-order valence-electron chi connectivity index (χ4n) is 2.62. The molecule has 0 aliphatic carbocycles. The van der Waals surface area contributed by atoms with Gasteiger partial charge in [0.25, 0.3) is 0 Å². The lowest BCUT2D eigenvalue weighted by atomic mass is 10.0. The van der Waals surface area contributed by atoms with Crippen LogP contribution in [0.3, 0.4) is 0 Å². The molecule has 0 radical (unpaired) electrons. The summed E-state index contributed by atoms with van der Waals surface area (Å²) in [6, 6.07) is 8.13. The predicted molar refractivity (Wildman–Crippen MR) is 91.5 cm³/mol. The molecule has 0 unspecified atom stereocenters. The molecule has 2 heterocycles. The Bertz CT molecular complexity index is 667. The van der Waals surface area contributed by atoms with Crippen molar-refractivity contribution >= 4 is 17.2 Å². The number of hydrogen-bond donors (Lipinski definition) is 1. The number of aryl methyl sites for hydroxylation is 2. The molecule has 3 rings (SSSR count). The van der Waals surface area contributed by atoms with Gasteiger partial charge >= 0.3 is 0 Å². The molecular weight excluding hydrogens is 310 g/mol. The van der Waals surface area contributed by atoms with Crippen LogP contribution in [0.1, 0.15) is 22.4 Å². The number of benzene rings is 1. The monoisotopic (exact) mass is 331 g/mol. The normalized spacial score (nSPS) is 12.9. The maximum absolute atomic E-state index is 11.9. The Labute approximate surface area is 140 Å². The van der Waals surface area contributed by atoms with Crippen molar-refractivity contribution in [2.45, 2.75) is 26.2 Å². The molecule has 5 heteroatoms. The second-order valence-corrected chi connectivity index (χ2v) is 6.63. The zero-order valence-electron chi connectivity index (χ0n) is 13.3. The minimum Gasteiger partial charge on any atom is -0.486 e. The molecule has 1 amide bonds. The number of ether oxygens (including phenoxy) is 2. The lowest BCUT2D eigenvalue weighted by molar-refractivity contribution is -0.121. The summed E-state index contributed by atoms with van der Waals surface area (Å²) in [5.41, 5.74) is 2.36. The molecule has 1 aliphatic heterocycles. The van der Waals surface area contributed by atoms with E-state index in [1.165, 1.54) is 16.0 Å². The Morgan fingerprint density at radius 2 is 2.00 bits per heavy atom. The molecule has 1 aromatic carbocycles. The van der Waals surface area contributed by atoms with Crippen LogP contribution < -0.4 is 14.8 Å². The molecule has 0 bridgehead atoms. The highest BCUT2D eigenvalue weighted by Crippen LogP contribution is 2.33. The van der Waals surface area contributed by atoms with Gasteiger partial charge < -0.3 is 14.8 Å². The fraction of sp³-hybridized carbons (Fsp3) is 0.389. The van der Waals surface area contributed by atoms with Crippen LogP contribution >= 0.6 is 11.3 Å². The van der Waals surface area contributed by atoms with Crippen molar-refractivity contribution in [2.75, 3.05) is 19.8 Å². The van der Waals surface area contributed by atoms with Crippen LogP contribution in [0.4, 0.5) is 0 Å². The Morgan fingerprint density at radius 3 is 2.74 bits per heavy atom. The number of hydrogen-bond acceptors (Lipinski definition) is 4. The molecule has 0 spiro atoms. The third kappa shape index (κ3) is 4.26. The first-order valence-electron chi connectivity index (χ1n) is 7.90. The zero-order valence-corrected chi connectivity index (χ0v) is 14.1. The van der Waals surface area contributed by atoms with Gasteiger partial charge in [0.05, 0.1) is 0 Å². The smallest absolute Gasteiger partial charge is 0.220 e. The van der Waals surface area contributed by atoms with Gasteiger partial charge in [-0.2, -0.15) is 0 Å². The summed E-state index contributed by atoms with van der Waals surface area (Å²) in [6.45, 7) is 3.90. The van der Waals surface area contributed by atoms with Crippen molar-refractivity contribution in [3.05, 3.63) is 45.6 Å². The molecule has 0 saturated carbocycles. The minimum atomic E-state index is 0.105. The van der Waals surface area contributed by atoms with Crippen LogP contribution in [0.25, 0.3) is 0 Å². The van der Waals surface area contributed by atoms with E-state index in [4.69, 9.17) is 9.47 Å². The van der Waals surface area contributed by atoms with E-state index >= 15 is 0 Å². The number of fused-ring (bicyclic) bond motifs is 1. The highest BCUT2D eigenvalue weighted by atomic mass is 32.1. The predicted octanol–water partition coefficient (Wildman–Crippen LogP) is 3.12. The third-order valence-corrected chi connectivity index (χ3v) is 4.83. The van der Waals surface area contributed by atoms with Crippen molar-refractivity contribution in [3.63, 3.8) is 0 Å². The second-order valence-electron chi connectivity index (χ2n) is 5.60. The maximum Gasteiger partial charge on any atom is 0.220 e. The van der Waals surface area contributed by atoms with E-state index in [9.17, 15) is 4.79 Å². The second kappa shape index (κ2) is 7.51. The SMILES string of the molecule is Cc1cc2c(cc1CCNC(=O)CCc1cccs1)OCCO2. The summed E-state index contributed by atoms with van der Waals surface area (Å²) in [5.74, 6) is 1.73. The van der Waals surface area contributed by atoms with E-state index in [-0.39, 0.29) is 5.91 Å². The van der Waals surface area contributed by atoms with Gasteiger partial charge in [-0.05, 0) is 54.5 Å². The van der Waals surface area contributed by atoms with E-state index < -0.39 is 0 Å². The Balaban J connectivity index is 1.47. The molecule has 1 aromatic heterocycles. The van der Waals surface area contributed by atoms with Gasteiger partial charge in [0.1, 0.15) is 13.2 Å². The van der Waals surface area contributed by atoms with E-state index in [0.29, 0.717) is 26.2 Å². The van der Waals surface area contributed by atoms with E-state index in [1.807, 2.05) is 23.6 Å². The summed E-state index contributed by atoms with van der Waals surface area (Å²) in [6.07, 6.45) is 2.15. The molecular formula is C18H21NO3S. The third-order valence-electron chi connectivity index (χ3n) is 3.90. The summed E-state index contributed by atoms with van der Waals surface area (Å²) < 4.78 is 11.2.